The number of hydrogen-bond acceptors (Lipinski definition) is 5. The van der Waals surface area contributed by atoms with Crippen LogP contribution in [0.25, 0.3) is 21.1 Å². The van der Waals surface area contributed by atoms with Crippen molar-refractivity contribution in [3.8, 4) is 0 Å². The molecule has 4 aromatic rings. The van der Waals surface area contributed by atoms with E-state index in [4.69, 9.17) is 11.6 Å². The Kier molecular flexibility index (Phi) is 3.63. The molecule has 0 fully saturated rings. The summed E-state index contributed by atoms with van der Waals surface area (Å²) < 4.78 is 0.823. The summed E-state index contributed by atoms with van der Waals surface area (Å²) in [5.74, 6) is -0.223. The summed E-state index contributed by atoms with van der Waals surface area (Å²) in [6.45, 7) is 1.97. The van der Waals surface area contributed by atoms with Crippen molar-refractivity contribution in [3.05, 3.63) is 58.4 Å². The SMILES string of the molecule is Cc1cc(NC(=O)c2csc3cnc(Cl)nc23)cc2cccnc12. The van der Waals surface area contributed by atoms with Crippen molar-refractivity contribution in [2.24, 2.45) is 0 Å². The van der Waals surface area contributed by atoms with Crippen molar-refractivity contribution in [2.45, 2.75) is 6.92 Å². The maximum Gasteiger partial charge on any atom is 0.258 e. The van der Waals surface area contributed by atoms with Crippen LogP contribution in [0.2, 0.25) is 5.28 Å². The minimum atomic E-state index is -0.223. The molecule has 0 bridgehead atoms. The monoisotopic (exact) mass is 354 g/mol. The number of aromatic nitrogens is 3. The molecule has 0 saturated heterocycles. The molecule has 0 aliphatic rings. The van der Waals surface area contributed by atoms with Crippen LogP contribution in [-0.4, -0.2) is 20.9 Å². The smallest absolute Gasteiger partial charge is 0.258 e. The van der Waals surface area contributed by atoms with Crippen molar-refractivity contribution in [3.63, 3.8) is 0 Å². The molecule has 118 valence electrons. The number of fused-ring (bicyclic) bond motifs is 2. The van der Waals surface area contributed by atoms with E-state index in [9.17, 15) is 4.79 Å². The fourth-order valence-electron chi connectivity index (χ4n) is 2.61. The van der Waals surface area contributed by atoms with Gasteiger partial charge in [-0.25, -0.2) is 9.97 Å². The first-order valence-corrected chi connectivity index (χ1v) is 8.44. The van der Waals surface area contributed by atoms with Gasteiger partial charge in [-0.05, 0) is 42.3 Å². The third-order valence-corrected chi connectivity index (χ3v) is 4.77. The number of amides is 1. The number of hydrogen-bond donors (Lipinski definition) is 1. The number of pyridine rings is 1. The van der Waals surface area contributed by atoms with Crippen molar-refractivity contribution < 1.29 is 4.79 Å². The second kappa shape index (κ2) is 5.81. The van der Waals surface area contributed by atoms with E-state index in [0.717, 1.165) is 26.9 Å². The second-order valence-electron chi connectivity index (χ2n) is 5.32. The fourth-order valence-corrected chi connectivity index (χ4v) is 3.59. The predicted octanol–water partition coefficient (Wildman–Crippen LogP) is 4.45. The van der Waals surface area contributed by atoms with Gasteiger partial charge in [-0.15, -0.1) is 11.3 Å². The van der Waals surface area contributed by atoms with Gasteiger partial charge in [0.2, 0.25) is 5.28 Å². The normalized spacial score (nSPS) is 11.1. The van der Waals surface area contributed by atoms with E-state index in [1.165, 1.54) is 11.3 Å². The van der Waals surface area contributed by atoms with E-state index in [-0.39, 0.29) is 11.2 Å². The van der Waals surface area contributed by atoms with Gasteiger partial charge in [0.1, 0.15) is 0 Å². The number of anilines is 1. The lowest BCUT2D eigenvalue weighted by Gasteiger charge is -2.08. The zero-order valence-electron chi connectivity index (χ0n) is 12.6. The van der Waals surface area contributed by atoms with Crippen LogP contribution in [-0.2, 0) is 0 Å². The standard InChI is InChI=1S/C17H11ClN4OS/c1-9-5-11(6-10-3-2-4-19-14(9)10)21-16(23)12-8-24-13-7-20-17(18)22-15(12)13/h2-8H,1H3,(H,21,23). The van der Waals surface area contributed by atoms with Crippen LogP contribution in [0.4, 0.5) is 5.69 Å². The van der Waals surface area contributed by atoms with Crippen LogP contribution < -0.4 is 5.32 Å². The molecule has 0 aliphatic carbocycles. The quantitative estimate of drug-likeness (QED) is 0.540. The molecule has 1 N–H and O–H groups in total. The average molecular weight is 355 g/mol. The van der Waals surface area contributed by atoms with Gasteiger partial charge >= 0.3 is 0 Å². The van der Waals surface area contributed by atoms with Crippen molar-refractivity contribution >= 4 is 55.7 Å². The number of thiophene rings is 1. The summed E-state index contributed by atoms with van der Waals surface area (Å²) in [5.41, 5.74) is 3.71. The van der Waals surface area contributed by atoms with Crippen LogP contribution in [0.5, 0.6) is 0 Å². The first kappa shape index (κ1) is 15.0. The first-order valence-electron chi connectivity index (χ1n) is 7.18. The van der Waals surface area contributed by atoms with Crippen molar-refractivity contribution in [2.75, 3.05) is 5.32 Å². The van der Waals surface area contributed by atoms with Gasteiger partial charge in [-0.2, -0.15) is 0 Å². The maximum atomic E-state index is 12.6. The number of halogens is 1. The molecular weight excluding hydrogens is 344 g/mol. The van der Waals surface area contributed by atoms with Gasteiger partial charge in [0.15, 0.2) is 0 Å². The fraction of sp³-hybridized carbons (Fsp3) is 0.0588. The van der Waals surface area contributed by atoms with E-state index in [2.05, 4.69) is 20.3 Å². The molecule has 3 heterocycles. The minimum Gasteiger partial charge on any atom is -0.322 e. The Labute approximate surface area is 146 Å². The molecule has 4 rings (SSSR count). The third kappa shape index (κ3) is 2.60. The molecule has 7 heteroatoms. The summed E-state index contributed by atoms with van der Waals surface area (Å²) >= 11 is 7.26. The summed E-state index contributed by atoms with van der Waals surface area (Å²) in [7, 11) is 0. The number of nitrogens with one attached hydrogen (secondary N) is 1. The summed E-state index contributed by atoms with van der Waals surface area (Å²) in [6, 6.07) is 7.66. The topological polar surface area (TPSA) is 67.8 Å². The number of aryl methyl sites for hydroxylation is 1. The van der Waals surface area contributed by atoms with Gasteiger partial charge in [0, 0.05) is 28.8 Å². The Hall–Kier alpha value is -2.57. The number of carbonyl (C=O) groups is 1. The largest absolute Gasteiger partial charge is 0.322 e. The molecule has 0 atom stereocenters. The minimum absolute atomic E-state index is 0.127. The molecule has 24 heavy (non-hydrogen) atoms. The highest BCUT2D eigenvalue weighted by Crippen LogP contribution is 2.26. The van der Waals surface area contributed by atoms with E-state index in [0.29, 0.717) is 11.1 Å². The second-order valence-corrected chi connectivity index (χ2v) is 6.57. The summed E-state index contributed by atoms with van der Waals surface area (Å²) in [6.07, 6.45) is 3.38. The molecular formula is C17H11ClN4OS. The third-order valence-electron chi connectivity index (χ3n) is 3.68. The van der Waals surface area contributed by atoms with Gasteiger partial charge < -0.3 is 5.32 Å². The lowest BCUT2D eigenvalue weighted by molar-refractivity contribution is 0.102. The number of rotatable bonds is 2. The lowest BCUT2D eigenvalue weighted by Crippen LogP contribution is -2.12. The van der Waals surface area contributed by atoms with Gasteiger partial charge in [-0.3, -0.25) is 9.78 Å². The van der Waals surface area contributed by atoms with Crippen molar-refractivity contribution in [1.82, 2.24) is 15.0 Å². The highest BCUT2D eigenvalue weighted by atomic mass is 35.5. The molecule has 0 unspecified atom stereocenters. The van der Waals surface area contributed by atoms with Gasteiger partial charge in [-0.1, -0.05) is 6.07 Å². The van der Waals surface area contributed by atoms with Crippen LogP contribution in [0.3, 0.4) is 0 Å². The van der Waals surface area contributed by atoms with E-state index >= 15 is 0 Å². The first-order chi connectivity index (χ1) is 11.6. The summed E-state index contributed by atoms with van der Waals surface area (Å²) in [4.78, 5) is 25.1. The summed E-state index contributed by atoms with van der Waals surface area (Å²) in [5, 5.41) is 5.80. The number of nitrogens with zero attached hydrogens (tertiary/aromatic N) is 3. The number of carbonyl (C=O) groups excluding carboxylic acids is 1. The van der Waals surface area contributed by atoms with Crippen LogP contribution in [0.1, 0.15) is 15.9 Å². The zero-order chi connectivity index (χ0) is 16.7. The Morgan fingerprint density at radius 3 is 3.00 bits per heavy atom. The molecule has 1 amide bonds. The lowest BCUT2D eigenvalue weighted by atomic mass is 10.1. The van der Waals surface area contributed by atoms with E-state index in [1.54, 1.807) is 17.8 Å². The highest BCUT2D eigenvalue weighted by Gasteiger charge is 2.15. The zero-order valence-corrected chi connectivity index (χ0v) is 14.1. The average Bonchev–Trinajstić information content (AvgIpc) is 2.98. The molecule has 5 nitrogen and oxygen atoms in total. The van der Waals surface area contributed by atoms with E-state index in [1.807, 2.05) is 31.2 Å². The molecule has 3 aromatic heterocycles. The molecule has 1 aromatic carbocycles. The molecule has 0 saturated carbocycles. The Morgan fingerprint density at radius 1 is 1.25 bits per heavy atom. The van der Waals surface area contributed by atoms with Gasteiger partial charge in [0.05, 0.1) is 21.3 Å². The van der Waals surface area contributed by atoms with Gasteiger partial charge in [0.25, 0.3) is 5.91 Å². The highest BCUT2D eigenvalue weighted by molar-refractivity contribution is 7.17. The van der Waals surface area contributed by atoms with Crippen molar-refractivity contribution in [1.29, 1.82) is 0 Å². The Balaban J connectivity index is 1.72. The van der Waals surface area contributed by atoms with E-state index < -0.39 is 0 Å². The Morgan fingerprint density at radius 2 is 2.12 bits per heavy atom. The maximum absolute atomic E-state index is 12.6. The molecule has 0 aliphatic heterocycles. The van der Waals surface area contributed by atoms with Crippen LogP contribution >= 0.6 is 22.9 Å². The molecule has 0 radical (unpaired) electrons. The Bertz CT molecular complexity index is 1090. The predicted molar refractivity (Wildman–Crippen MR) is 96.9 cm³/mol. The van der Waals surface area contributed by atoms with Crippen LogP contribution in [0.15, 0.2) is 42.0 Å². The van der Waals surface area contributed by atoms with Crippen LogP contribution in [0, 0.1) is 6.92 Å². The number of benzene rings is 1. The molecule has 0 spiro atoms.